The molecule has 3 N–H and O–H groups in total. The lowest BCUT2D eigenvalue weighted by Gasteiger charge is -2.30. The minimum atomic E-state index is -0.361. The minimum absolute atomic E-state index is 0.0508. The predicted octanol–water partition coefficient (Wildman–Crippen LogP) is 1.57. The Hall–Kier alpha value is -1.38. The monoisotopic (exact) mass is 397 g/mol. The Kier molecular flexibility index (Phi) is 11.4. The summed E-state index contributed by atoms with van der Waals surface area (Å²) in [5.74, 6) is -0.141. The third kappa shape index (κ3) is 9.21. The summed E-state index contributed by atoms with van der Waals surface area (Å²) in [6.45, 7) is 12.3. The molecule has 0 spiro atoms. The van der Waals surface area contributed by atoms with E-state index in [1.165, 1.54) is 6.07 Å². The van der Waals surface area contributed by atoms with E-state index in [9.17, 15) is 15.3 Å². The third-order valence-corrected chi connectivity index (χ3v) is 4.96. The second-order valence-corrected chi connectivity index (χ2v) is 7.61. The Labute approximate surface area is 170 Å². The van der Waals surface area contributed by atoms with Gasteiger partial charge < -0.3 is 25.0 Å². The van der Waals surface area contributed by atoms with Crippen LogP contribution in [0.25, 0.3) is 0 Å². The molecule has 0 bridgehead atoms. The maximum Gasteiger partial charge on any atom is 0.161 e. The first-order chi connectivity index (χ1) is 13.3. The molecule has 0 aliphatic carbocycles. The van der Waals surface area contributed by atoms with E-state index < -0.39 is 0 Å². The van der Waals surface area contributed by atoms with Crippen LogP contribution in [0.4, 0.5) is 0 Å². The van der Waals surface area contributed by atoms with Crippen molar-refractivity contribution in [1.82, 2.24) is 14.7 Å². The smallest absolute Gasteiger partial charge is 0.161 e. The van der Waals surface area contributed by atoms with Gasteiger partial charge in [0, 0.05) is 58.5 Å². The Morgan fingerprint density at radius 1 is 1.00 bits per heavy atom. The molecule has 0 saturated heterocycles. The molecule has 1 rings (SSSR count). The van der Waals surface area contributed by atoms with Crippen molar-refractivity contribution in [3.05, 3.63) is 23.8 Å². The standard InChI is InChI=1S/C21H39N3O4/c1-6-23(15-18(3)28-5)12-13-24(11-10-22(4)14-17(2)25)16-19-8-7-9-20(26)21(19)27/h7-9,17-18,25-27H,6,10-16H2,1-5H3/t17-,18-/m0/s1. The molecule has 1 aromatic rings. The molecule has 28 heavy (non-hydrogen) atoms. The predicted molar refractivity (Wildman–Crippen MR) is 113 cm³/mol. The summed E-state index contributed by atoms with van der Waals surface area (Å²) in [6.07, 6.45) is -0.180. The van der Waals surface area contributed by atoms with E-state index in [4.69, 9.17) is 4.74 Å². The van der Waals surface area contributed by atoms with E-state index in [1.54, 1.807) is 20.1 Å². The van der Waals surface area contributed by atoms with Crippen molar-refractivity contribution in [1.29, 1.82) is 0 Å². The van der Waals surface area contributed by atoms with Gasteiger partial charge in [-0.25, -0.2) is 0 Å². The molecule has 0 amide bonds. The number of rotatable bonds is 14. The van der Waals surface area contributed by atoms with Gasteiger partial charge in [-0.3, -0.25) is 9.80 Å². The zero-order chi connectivity index (χ0) is 21.1. The van der Waals surface area contributed by atoms with Crippen molar-refractivity contribution in [2.24, 2.45) is 0 Å². The summed E-state index contributed by atoms with van der Waals surface area (Å²) in [5, 5.41) is 29.5. The lowest BCUT2D eigenvalue weighted by Crippen LogP contribution is -2.41. The number of phenols is 2. The maximum absolute atomic E-state index is 10.2. The van der Waals surface area contributed by atoms with Crippen LogP contribution >= 0.6 is 0 Å². The van der Waals surface area contributed by atoms with Crippen molar-refractivity contribution in [3.8, 4) is 11.5 Å². The molecule has 0 saturated carbocycles. The van der Waals surface area contributed by atoms with E-state index in [0.29, 0.717) is 18.7 Å². The number of benzene rings is 1. The van der Waals surface area contributed by atoms with Gasteiger partial charge in [-0.2, -0.15) is 0 Å². The zero-order valence-electron chi connectivity index (χ0n) is 18.1. The SMILES string of the molecule is CCN(CCN(CCN(C)C[C@H](C)O)Cc1cccc(O)c1O)C[C@H](C)OC. The van der Waals surface area contributed by atoms with Crippen molar-refractivity contribution in [2.45, 2.75) is 39.5 Å². The summed E-state index contributed by atoms with van der Waals surface area (Å²) in [5.41, 5.74) is 0.714. The average molecular weight is 398 g/mol. The number of aliphatic hydroxyl groups is 1. The summed E-state index contributed by atoms with van der Waals surface area (Å²) < 4.78 is 5.38. The van der Waals surface area contributed by atoms with E-state index in [2.05, 4.69) is 28.5 Å². The van der Waals surface area contributed by atoms with E-state index >= 15 is 0 Å². The van der Waals surface area contributed by atoms with Crippen LogP contribution < -0.4 is 0 Å². The van der Waals surface area contributed by atoms with Gasteiger partial charge in [0.25, 0.3) is 0 Å². The quantitative estimate of drug-likeness (QED) is 0.411. The van der Waals surface area contributed by atoms with Gasteiger partial charge in [-0.05, 0) is 33.5 Å². The van der Waals surface area contributed by atoms with Crippen LogP contribution in [-0.2, 0) is 11.3 Å². The molecule has 0 heterocycles. The molecular weight excluding hydrogens is 358 g/mol. The first kappa shape index (κ1) is 24.7. The molecule has 2 atom stereocenters. The normalized spacial score (nSPS) is 14.2. The molecule has 7 heteroatoms. The van der Waals surface area contributed by atoms with E-state index in [1.807, 2.05) is 13.1 Å². The van der Waals surface area contributed by atoms with Crippen molar-refractivity contribution in [3.63, 3.8) is 0 Å². The molecular formula is C21H39N3O4. The first-order valence-electron chi connectivity index (χ1n) is 10.1. The fraction of sp³-hybridized carbons (Fsp3) is 0.714. The first-order valence-corrected chi connectivity index (χ1v) is 10.1. The number of para-hydroxylation sites is 1. The van der Waals surface area contributed by atoms with Crippen LogP contribution in [0.15, 0.2) is 18.2 Å². The Morgan fingerprint density at radius 3 is 2.25 bits per heavy atom. The Morgan fingerprint density at radius 2 is 1.64 bits per heavy atom. The number of phenolic OH excluding ortho intramolecular Hbond substituents is 2. The van der Waals surface area contributed by atoms with Crippen molar-refractivity contribution < 1.29 is 20.1 Å². The van der Waals surface area contributed by atoms with Gasteiger partial charge in [0.2, 0.25) is 0 Å². The highest BCUT2D eigenvalue weighted by Gasteiger charge is 2.15. The summed E-state index contributed by atoms with van der Waals surface area (Å²) >= 11 is 0. The van der Waals surface area contributed by atoms with Gasteiger partial charge in [0.05, 0.1) is 12.2 Å². The van der Waals surface area contributed by atoms with Crippen LogP contribution in [-0.4, -0.2) is 102 Å². The Bertz CT molecular complexity index is 556. The number of methoxy groups -OCH3 is 1. The fourth-order valence-electron chi connectivity index (χ4n) is 3.17. The molecule has 0 fully saturated rings. The van der Waals surface area contributed by atoms with Crippen LogP contribution in [0.1, 0.15) is 26.3 Å². The summed E-state index contributed by atoms with van der Waals surface area (Å²) in [7, 11) is 3.72. The number of ether oxygens (including phenoxy) is 1. The van der Waals surface area contributed by atoms with E-state index in [0.717, 1.165) is 39.3 Å². The molecule has 162 valence electrons. The second kappa shape index (κ2) is 13.0. The molecule has 1 aromatic carbocycles. The highest BCUT2D eigenvalue weighted by atomic mass is 16.5. The number of likely N-dealkylation sites (N-methyl/N-ethyl adjacent to an activating group) is 2. The van der Waals surface area contributed by atoms with Crippen LogP contribution in [0.3, 0.4) is 0 Å². The summed E-state index contributed by atoms with van der Waals surface area (Å²) in [6, 6.07) is 5.08. The van der Waals surface area contributed by atoms with Gasteiger partial charge >= 0.3 is 0 Å². The fourth-order valence-corrected chi connectivity index (χ4v) is 3.17. The highest BCUT2D eigenvalue weighted by molar-refractivity contribution is 5.44. The van der Waals surface area contributed by atoms with Gasteiger partial charge in [-0.15, -0.1) is 0 Å². The number of aromatic hydroxyl groups is 2. The molecule has 0 unspecified atom stereocenters. The van der Waals surface area contributed by atoms with Crippen molar-refractivity contribution in [2.75, 3.05) is 60.0 Å². The molecule has 0 radical (unpaired) electrons. The number of aliphatic hydroxyl groups excluding tert-OH is 1. The number of hydrogen-bond donors (Lipinski definition) is 3. The minimum Gasteiger partial charge on any atom is -0.504 e. The molecule has 0 aromatic heterocycles. The molecule has 0 aliphatic heterocycles. The molecule has 7 nitrogen and oxygen atoms in total. The lowest BCUT2D eigenvalue weighted by atomic mass is 10.1. The average Bonchev–Trinajstić information content (AvgIpc) is 2.65. The lowest BCUT2D eigenvalue weighted by molar-refractivity contribution is 0.0727. The number of nitrogens with zero attached hydrogens (tertiary/aromatic N) is 3. The Balaban J connectivity index is 2.74. The highest BCUT2D eigenvalue weighted by Crippen LogP contribution is 2.29. The van der Waals surface area contributed by atoms with Gasteiger partial charge in [0.1, 0.15) is 0 Å². The van der Waals surface area contributed by atoms with Crippen LogP contribution in [0.2, 0.25) is 0 Å². The zero-order valence-corrected chi connectivity index (χ0v) is 18.1. The summed E-state index contributed by atoms with van der Waals surface area (Å²) in [4.78, 5) is 6.72. The van der Waals surface area contributed by atoms with Crippen molar-refractivity contribution >= 4 is 0 Å². The van der Waals surface area contributed by atoms with E-state index in [-0.39, 0.29) is 23.7 Å². The molecule has 0 aliphatic rings. The topological polar surface area (TPSA) is 79.6 Å². The van der Waals surface area contributed by atoms with Crippen LogP contribution in [0, 0.1) is 0 Å². The second-order valence-electron chi connectivity index (χ2n) is 7.61. The number of hydrogen-bond acceptors (Lipinski definition) is 7. The maximum atomic E-state index is 10.2. The van der Waals surface area contributed by atoms with Gasteiger partial charge in [0.15, 0.2) is 11.5 Å². The van der Waals surface area contributed by atoms with Gasteiger partial charge in [-0.1, -0.05) is 19.1 Å². The van der Waals surface area contributed by atoms with Crippen LogP contribution in [0.5, 0.6) is 11.5 Å². The third-order valence-electron chi connectivity index (χ3n) is 4.96. The largest absolute Gasteiger partial charge is 0.504 e.